The highest BCUT2D eigenvalue weighted by atomic mass is 32.2. The lowest BCUT2D eigenvalue weighted by molar-refractivity contribution is 0.584. The summed E-state index contributed by atoms with van der Waals surface area (Å²) in [6.45, 7) is 3.83. The highest BCUT2D eigenvalue weighted by Gasteiger charge is 2.21. The van der Waals surface area contributed by atoms with Gasteiger partial charge in [0.05, 0.1) is 10.6 Å². The fourth-order valence-electron chi connectivity index (χ4n) is 2.42. The highest BCUT2D eigenvalue weighted by molar-refractivity contribution is 7.90. The number of hydrogen-bond donors (Lipinski definition) is 0. The Balaban J connectivity index is 2.12. The molecule has 0 unspecified atom stereocenters. The predicted octanol–water partition coefficient (Wildman–Crippen LogP) is 3.66. The Hall–Kier alpha value is -2.40. The van der Waals surface area contributed by atoms with Crippen molar-refractivity contribution in [2.45, 2.75) is 25.2 Å². The van der Waals surface area contributed by atoms with Crippen LogP contribution in [0, 0.1) is 6.92 Å². The molecule has 0 fully saturated rings. The molecular weight excluding hydrogens is 308 g/mol. The molecule has 0 N–H and O–H groups in total. The van der Waals surface area contributed by atoms with Gasteiger partial charge in [0, 0.05) is 18.2 Å². The lowest BCUT2D eigenvalue weighted by Gasteiger charge is -2.08. The molecule has 1 heterocycles. The first-order chi connectivity index (χ1) is 11.0. The number of aromatic nitrogens is 2. The second-order valence-corrected chi connectivity index (χ2v) is 7.19. The van der Waals surface area contributed by atoms with Gasteiger partial charge in [0.2, 0.25) is 0 Å². The van der Waals surface area contributed by atoms with Gasteiger partial charge in [0.1, 0.15) is 5.82 Å². The Kier molecular flexibility index (Phi) is 4.05. The van der Waals surface area contributed by atoms with E-state index >= 15 is 0 Å². The largest absolute Gasteiger partial charge is 0.269 e. The molecule has 0 spiro atoms. The summed E-state index contributed by atoms with van der Waals surface area (Å²) in [5, 5.41) is 0. The van der Waals surface area contributed by atoms with Crippen LogP contribution in [0.3, 0.4) is 0 Å². The van der Waals surface area contributed by atoms with Crippen molar-refractivity contribution in [3.8, 4) is 11.3 Å². The van der Waals surface area contributed by atoms with Crippen molar-refractivity contribution in [3.63, 3.8) is 0 Å². The quantitative estimate of drug-likeness (QED) is 0.735. The molecule has 0 atom stereocenters. The average molecular weight is 326 g/mol. The lowest BCUT2D eigenvalue weighted by Crippen LogP contribution is -2.15. The third kappa shape index (κ3) is 2.92. The fraction of sp³-hybridized carbons (Fsp3) is 0.167. The number of nitrogens with zero attached hydrogens (tertiary/aromatic N) is 2. The van der Waals surface area contributed by atoms with Gasteiger partial charge in [-0.3, -0.25) is 0 Å². The van der Waals surface area contributed by atoms with Crippen LogP contribution in [0.5, 0.6) is 0 Å². The van der Waals surface area contributed by atoms with E-state index in [1.54, 1.807) is 30.5 Å². The van der Waals surface area contributed by atoms with Gasteiger partial charge in [-0.15, -0.1) is 0 Å². The van der Waals surface area contributed by atoms with E-state index in [4.69, 9.17) is 0 Å². The second kappa shape index (κ2) is 6.01. The smallest absolute Gasteiger partial charge is 0.232 e. The third-order valence-corrected chi connectivity index (χ3v) is 5.41. The van der Waals surface area contributed by atoms with Crippen molar-refractivity contribution in [3.05, 3.63) is 72.2 Å². The molecule has 118 valence electrons. The number of aryl methyl sites for hydroxylation is 2. The normalized spacial score (nSPS) is 11.6. The molecule has 3 aromatic rings. The summed E-state index contributed by atoms with van der Waals surface area (Å²) in [5.41, 5.74) is 2.59. The Morgan fingerprint density at radius 1 is 1.00 bits per heavy atom. The first kappa shape index (κ1) is 15.5. The molecular formula is C18H18N2O2S. The summed E-state index contributed by atoms with van der Waals surface area (Å²) in [4.78, 5) is 4.77. The molecule has 4 nitrogen and oxygen atoms in total. The molecule has 0 radical (unpaired) electrons. The standard InChI is InChI=1S/C18H18N2O2S/c1-3-18-19-17(15-7-5-4-6-8-15)13-20(18)23(21,22)16-11-9-14(2)10-12-16/h4-13H,3H2,1-2H3. The summed E-state index contributed by atoms with van der Waals surface area (Å²) in [6, 6.07) is 16.4. The topological polar surface area (TPSA) is 52.0 Å². The minimum Gasteiger partial charge on any atom is -0.232 e. The lowest BCUT2D eigenvalue weighted by atomic mass is 10.2. The second-order valence-electron chi connectivity index (χ2n) is 5.38. The van der Waals surface area contributed by atoms with E-state index in [-0.39, 0.29) is 4.90 Å². The van der Waals surface area contributed by atoms with Gasteiger partial charge >= 0.3 is 0 Å². The molecule has 0 bridgehead atoms. The van der Waals surface area contributed by atoms with E-state index in [2.05, 4.69) is 4.98 Å². The molecule has 0 amide bonds. The van der Waals surface area contributed by atoms with Gasteiger partial charge in [-0.2, -0.15) is 0 Å². The Morgan fingerprint density at radius 2 is 1.65 bits per heavy atom. The van der Waals surface area contributed by atoms with Crippen LogP contribution in [0.4, 0.5) is 0 Å². The van der Waals surface area contributed by atoms with Crippen molar-refractivity contribution in [2.75, 3.05) is 0 Å². The van der Waals surface area contributed by atoms with Crippen LogP contribution in [0.25, 0.3) is 11.3 Å². The van der Waals surface area contributed by atoms with Crippen molar-refractivity contribution < 1.29 is 8.42 Å². The van der Waals surface area contributed by atoms with Crippen LogP contribution < -0.4 is 0 Å². The van der Waals surface area contributed by atoms with E-state index in [0.717, 1.165) is 11.1 Å². The number of hydrogen-bond acceptors (Lipinski definition) is 3. The first-order valence-corrected chi connectivity index (χ1v) is 8.92. The van der Waals surface area contributed by atoms with Crippen molar-refractivity contribution >= 4 is 10.0 Å². The molecule has 2 aromatic carbocycles. The van der Waals surface area contributed by atoms with E-state index in [1.165, 1.54) is 3.97 Å². The van der Waals surface area contributed by atoms with Crippen LogP contribution in [-0.4, -0.2) is 17.4 Å². The van der Waals surface area contributed by atoms with Crippen LogP contribution in [0.1, 0.15) is 18.3 Å². The zero-order valence-electron chi connectivity index (χ0n) is 13.1. The highest BCUT2D eigenvalue weighted by Crippen LogP contribution is 2.23. The Labute approximate surface area is 136 Å². The summed E-state index contributed by atoms with van der Waals surface area (Å²) >= 11 is 0. The third-order valence-electron chi connectivity index (χ3n) is 3.71. The summed E-state index contributed by atoms with van der Waals surface area (Å²) in [7, 11) is -3.63. The molecule has 0 saturated heterocycles. The van der Waals surface area contributed by atoms with Gasteiger partial charge in [-0.1, -0.05) is 55.0 Å². The van der Waals surface area contributed by atoms with E-state index in [1.807, 2.05) is 44.2 Å². The zero-order chi connectivity index (χ0) is 16.4. The SMILES string of the molecule is CCc1nc(-c2ccccc2)cn1S(=O)(=O)c1ccc(C)cc1. The summed E-state index contributed by atoms with van der Waals surface area (Å²) in [6.07, 6.45) is 2.14. The molecule has 0 aliphatic rings. The van der Waals surface area contributed by atoms with Gasteiger partial charge in [-0.05, 0) is 19.1 Å². The van der Waals surface area contributed by atoms with Crippen molar-refractivity contribution in [2.24, 2.45) is 0 Å². The maximum absolute atomic E-state index is 12.9. The van der Waals surface area contributed by atoms with E-state index < -0.39 is 10.0 Å². The summed E-state index contributed by atoms with van der Waals surface area (Å²) < 4.78 is 27.1. The number of rotatable bonds is 4. The van der Waals surface area contributed by atoms with Gasteiger partial charge in [0.25, 0.3) is 10.0 Å². The predicted molar refractivity (Wildman–Crippen MR) is 90.8 cm³/mol. The maximum Gasteiger partial charge on any atom is 0.269 e. The minimum atomic E-state index is -3.63. The number of imidazole rings is 1. The molecule has 3 rings (SSSR count). The monoisotopic (exact) mass is 326 g/mol. The summed E-state index contributed by atoms with van der Waals surface area (Å²) in [5.74, 6) is 0.532. The average Bonchev–Trinajstić information content (AvgIpc) is 3.01. The number of benzene rings is 2. The van der Waals surface area contributed by atoms with Crippen LogP contribution >= 0.6 is 0 Å². The fourth-order valence-corrected chi connectivity index (χ4v) is 3.81. The van der Waals surface area contributed by atoms with Crippen molar-refractivity contribution in [1.29, 1.82) is 0 Å². The molecule has 0 aliphatic heterocycles. The van der Waals surface area contributed by atoms with Gasteiger partial charge in [-0.25, -0.2) is 17.4 Å². The first-order valence-electron chi connectivity index (χ1n) is 7.48. The molecule has 23 heavy (non-hydrogen) atoms. The molecule has 5 heteroatoms. The van der Waals surface area contributed by atoms with Crippen LogP contribution in [-0.2, 0) is 16.4 Å². The molecule has 1 aromatic heterocycles. The van der Waals surface area contributed by atoms with Gasteiger partial charge < -0.3 is 0 Å². The van der Waals surface area contributed by atoms with E-state index in [0.29, 0.717) is 17.9 Å². The molecule has 0 aliphatic carbocycles. The van der Waals surface area contributed by atoms with Crippen LogP contribution in [0.2, 0.25) is 0 Å². The Bertz CT molecular complexity index is 911. The molecule has 0 saturated carbocycles. The van der Waals surface area contributed by atoms with E-state index in [9.17, 15) is 8.42 Å². The zero-order valence-corrected chi connectivity index (χ0v) is 13.9. The Morgan fingerprint density at radius 3 is 2.26 bits per heavy atom. The van der Waals surface area contributed by atoms with Crippen molar-refractivity contribution in [1.82, 2.24) is 8.96 Å². The maximum atomic E-state index is 12.9. The minimum absolute atomic E-state index is 0.273. The van der Waals surface area contributed by atoms with Gasteiger partial charge in [0.15, 0.2) is 0 Å². The van der Waals surface area contributed by atoms with Crippen LogP contribution in [0.15, 0.2) is 65.7 Å².